The Morgan fingerprint density at radius 3 is 2.83 bits per heavy atom. The van der Waals surface area contributed by atoms with Gasteiger partial charge in [0.05, 0.1) is 6.54 Å². The molecule has 6 nitrogen and oxygen atoms in total. The van der Waals surface area contributed by atoms with Crippen LogP contribution in [-0.4, -0.2) is 32.8 Å². The quantitative estimate of drug-likeness (QED) is 0.893. The van der Waals surface area contributed by atoms with Gasteiger partial charge in [0.25, 0.3) is 0 Å². The molecule has 1 aromatic heterocycles. The van der Waals surface area contributed by atoms with Crippen molar-refractivity contribution in [3.63, 3.8) is 0 Å². The molecule has 0 spiro atoms. The summed E-state index contributed by atoms with van der Waals surface area (Å²) in [4.78, 5) is 30.1. The van der Waals surface area contributed by atoms with Gasteiger partial charge >= 0.3 is 0 Å². The van der Waals surface area contributed by atoms with Gasteiger partial charge in [0.1, 0.15) is 5.82 Å². The predicted octanol–water partition coefficient (Wildman–Crippen LogP) is 0.960. The molecule has 0 fully saturated rings. The standard InChI is InChI=1S/C17H20N4O2/c18-15(22)12-21(11-13-4-2-1-3-5-13)17(23)14-6-8-20-9-7-19-16(20)10-14/h1-5,7,9,14H,6,8,10-12H2,(H2,18,22). The van der Waals surface area contributed by atoms with Crippen molar-refractivity contribution in [2.45, 2.75) is 25.9 Å². The Morgan fingerprint density at radius 1 is 1.30 bits per heavy atom. The maximum atomic E-state index is 12.9. The molecule has 6 heteroatoms. The van der Waals surface area contributed by atoms with Gasteiger partial charge in [0, 0.05) is 37.8 Å². The number of nitrogens with two attached hydrogens (primary N) is 1. The molecule has 0 radical (unpaired) electrons. The number of fused-ring (bicyclic) bond motifs is 1. The number of aryl methyl sites for hydroxylation is 1. The zero-order chi connectivity index (χ0) is 16.2. The number of rotatable bonds is 5. The van der Waals surface area contributed by atoms with Crippen molar-refractivity contribution in [3.8, 4) is 0 Å². The maximum absolute atomic E-state index is 12.9. The predicted molar refractivity (Wildman–Crippen MR) is 85.1 cm³/mol. The summed E-state index contributed by atoms with van der Waals surface area (Å²) in [6.07, 6.45) is 5.05. The molecule has 1 unspecified atom stereocenters. The molecular weight excluding hydrogens is 292 g/mol. The van der Waals surface area contributed by atoms with Crippen molar-refractivity contribution in [2.24, 2.45) is 11.7 Å². The number of amides is 2. The van der Waals surface area contributed by atoms with E-state index in [1.807, 2.05) is 36.5 Å². The Kier molecular flexibility index (Phi) is 4.41. The van der Waals surface area contributed by atoms with Crippen LogP contribution in [0.15, 0.2) is 42.7 Å². The van der Waals surface area contributed by atoms with E-state index < -0.39 is 5.91 Å². The summed E-state index contributed by atoms with van der Waals surface area (Å²) in [5.41, 5.74) is 6.31. The van der Waals surface area contributed by atoms with Gasteiger partial charge in [-0.25, -0.2) is 4.98 Å². The van der Waals surface area contributed by atoms with E-state index in [2.05, 4.69) is 9.55 Å². The molecule has 0 saturated carbocycles. The largest absolute Gasteiger partial charge is 0.368 e. The van der Waals surface area contributed by atoms with E-state index in [1.54, 1.807) is 11.1 Å². The fourth-order valence-corrected chi connectivity index (χ4v) is 3.02. The van der Waals surface area contributed by atoms with Crippen LogP contribution >= 0.6 is 0 Å². The Morgan fingerprint density at radius 2 is 2.09 bits per heavy atom. The third-order valence-corrected chi connectivity index (χ3v) is 4.17. The molecule has 2 N–H and O–H groups in total. The molecule has 1 aromatic carbocycles. The molecule has 23 heavy (non-hydrogen) atoms. The number of primary amides is 1. The van der Waals surface area contributed by atoms with Gasteiger partial charge in [-0.3, -0.25) is 9.59 Å². The zero-order valence-electron chi connectivity index (χ0n) is 12.9. The van der Waals surface area contributed by atoms with Crippen molar-refractivity contribution in [2.75, 3.05) is 6.54 Å². The van der Waals surface area contributed by atoms with Crippen molar-refractivity contribution >= 4 is 11.8 Å². The number of nitrogens with zero attached hydrogens (tertiary/aromatic N) is 3. The van der Waals surface area contributed by atoms with Crippen LogP contribution in [0.1, 0.15) is 17.8 Å². The number of hydrogen-bond donors (Lipinski definition) is 1. The van der Waals surface area contributed by atoms with E-state index in [0.717, 1.165) is 24.4 Å². The summed E-state index contributed by atoms with van der Waals surface area (Å²) in [6, 6.07) is 9.63. The number of aromatic nitrogens is 2. The molecule has 0 aliphatic carbocycles. The van der Waals surface area contributed by atoms with E-state index in [0.29, 0.717) is 13.0 Å². The van der Waals surface area contributed by atoms with Crippen LogP contribution in [0.5, 0.6) is 0 Å². The smallest absolute Gasteiger partial charge is 0.237 e. The first kappa shape index (κ1) is 15.3. The minimum atomic E-state index is -0.494. The minimum Gasteiger partial charge on any atom is -0.368 e. The summed E-state index contributed by atoms with van der Waals surface area (Å²) in [6.45, 7) is 1.12. The Labute approximate surface area is 134 Å². The molecule has 0 bridgehead atoms. The van der Waals surface area contributed by atoms with Gasteiger partial charge in [-0.2, -0.15) is 0 Å². The fraction of sp³-hybridized carbons (Fsp3) is 0.353. The number of imidazole rings is 1. The molecule has 3 rings (SSSR count). The first-order valence-electron chi connectivity index (χ1n) is 7.74. The molecule has 2 amide bonds. The summed E-state index contributed by atoms with van der Waals surface area (Å²) in [5.74, 6) is 0.259. The van der Waals surface area contributed by atoms with Gasteiger partial charge < -0.3 is 15.2 Å². The number of carbonyl (C=O) groups is 2. The molecule has 1 atom stereocenters. The third-order valence-electron chi connectivity index (χ3n) is 4.17. The normalized spacial score (nSPS) is 16.6. The molecular formula is C17H20N4O2. The zero-order valence-corrected chi connectivity index (χ0v) is 12.9. The first-order chi connectivity index (χ1) is 11.1. The van der Waals surface area contributed by atoms with Crippen LogP contribution in [0.2, 0.25) is 0 Å². The van der Waals surface area contributed by atoms with Crippen LogP contribution < -0.4 is 5.73 Å². The first-order valence-corrected chi connectivity index (χ1v) is 7.74. The van der Waals surface area contributed by atoms with E-state index in [9.17, 15) is 9.59 Å². The second-order valence-electron chi connectivity index (χ2n) is 5.87. The highest BCUT2D eigenvalue weighted by Gasteiger charge is 2.29. The lowest BCUT2D eigenvalue weighted by Crippen LogP contribution is -2.43. The van der Waals surface area contributed by atoms with E-state index in [-0.39, 0.29) is 18.4 Å². The van der Waals surface area contributed by atoms with Gasteiger partial charge in [0.2, 0.25) is 11.8 Å². The lowest BCUT2D eigenvalue weighted by Gasteiger charge is -2.29. The molecule has 120 valence electrons. The lowest BCUT2D eigenvalue weighted by atomic mass is 9.96. The number of benzene rings is 1. The molecule has 2 aromatic rings. The SMILES string of the molecule is NC(=O)CN(Cc1ccccc1)C(=O)C1CCn2ccnc2C1. The van der Waals surface area contributed by atoms with Gasteiger partial charge in [-0.1, -0.05) is 30.3 Å². The van der Waals surface area contributed by atoms with Crippen LogP contribution in [0, 0.1) is 5.92 Å². The van der Waals surface area contributed by atoms with Crippen molar-refractivity contribution in [3.05, 3.63) is 54.1 Å². The van der Waals surface area contributed by atoms with Crippen molar-refractivity contribution in [1.82, 2.24) is 14.5 Å². The van der Waals surface area contributed by atoms with Gasteiger partial charge in [0.15, 0.2) is 0 Å². The van der Waals surface area contributed by atoms with Crippen LogP contribution in [0.25, 0.3) is 0 Å². The topological polar surface area (TPSA) is 81.2 Å². The van der Waals surface area contributed by atoms with E-state index in [1.165, 1.54) is 0 Å². The van der Waals surface area contributed by atoms with Gasteiger partial charge in [-0.15, -0.1) is 0 Å². The Bertz CT molecular complexity index is 696. The van der Waals surface area contributed by atoms with Gasteiger partial charge in [-0.05, 0) is 12.0 Å². The average molecular weight is 312 g/mol. The Hall–Kier alpha value is -2.63. The summed E-state index contributed by atoms with van der Waals surface area (Å²) >= 11 is 0. The fourth-order valence-electron chi connectivity index (χ4n) is 3.02. The molecule has 0 saturated heterocycles. The van der Waals surface area contributed by atoms with Crippen LogP contribution in [-0.2, 0) is 29.1 Å². The number of hydrogen-bond acceptors (Lipinski definition) is 3. The second-order valence-corrected chi connectivity index (χ2v) is 5.87. The van der Waals surface area contributed by atoms with Crippen LogP contribution in [0.3, 0.4) is 0 Å². The highest BCUT2D eigenvalue weighted by Crippen LogP contribution is 2.22. The minimum absolute atomic E-state index is 0.0260. The number of carbonyl (C=O) groups excluding carboxylic acids is 2. The van der Waals surface area contributed by atoms with Crippen LogP contribution in [0.4, 0.5) is 0 Å². The van der Waals surface area contributed by atoms with Crippen molar-refractivity contribution in [1.29, 1.82) is 0 Å². The summed E-state index contributed by atoms with van der Waals surface area (Å²) in [5, 5.41) is 0. The second kappa shape index (κ2) is 6.64. The molecule has 1 aliphatic rings. The van der Waals surface area contributed by atoms with E-state index in [4.69, 9.17) is 5.73 Å². The third kappa shape index (κ3) is 3.59. The summed E-state index contributed by atoms with van der Waals surface area (Å²) < 4.78 is 2.07. The highest BCUT2D eigenvalue weighted by molar-refractivity contribution is 5.85. The average Bonchev–Trinajstić information content (AvgIpc) is 3.01. The Balaban J connectivity index is 1.74. The summed E-state index contributed by atoms with van der Waals surface area (Å²) in [7, 11) is 0. The molecule has 2 heterocycles. The highest BCUT2D eigenvalue weighted by atomic mass is 16.2. The lowest BCUT2D eigenvalue weighted by molar-refractivity contribution is -0.140. The van der Waals surface area contributed by atoms with Crippen molar-refractivity contribution < 1.29 is 9.59 Å². The monoisotopic (exact) mass is 312 g/mol. The van der Waals surface area contributed by atoms with E-state index >= 15 is 0 Å². The maximum Gasteiger partial charge on any atom is 0.237 e. The molecule has 1 aliphatic heterocycles.